The standard InChI is InChI=1S/C14H15N3O2/c1-3-11(7-15)14(18)17(2)8-10-4-5-12-13(6-10)19-9-16-12/h4-6,9,11H,3,8H2,1-2H3. The molecule has 5 heteroatoms. The van der Waals surface area contributed by atoms with Crippen LogP contribution in [0.1, 0.15) is 18.9 Å². The van der Waals surface area contributed by atoms with Crippen LogP contribution in [0.25, 0.3) is 11.1 Å². The van der Waals surface area contributed by atoms with Crippen molar-refractivity contribution in [2.75, 3.05) is 7.05 Å². The van der Waals surface area contributed by atoms with E-state index in [2.05, 4.69) is 4.98 Å². The van der Waals surface area contributed by atoms with Crippen LogP contribution in [0.2, 0.25) is 0 Å². The van der Waals surface area contributed by atoms with Gasteiger partial charge in [-0.05, 0) is 24.1 Å². The van der Waals surface area contributed by atoms with Gasteiger partial charge in [0.1, 0.15) is 11.4 Å². The lowest BCUT2D eigenvalue weighted by Crippen LogP contribution is -2.31. The molecule has 0 radical (unpaired) electrons. The first-order chi connectivity index (χ1) is 9.15. The molecule has 98 valence electrons. The highest BCUT2D eigenvalue weighted by atomic mass is 16.3. The van der Waals surface area contributed by atoms with Crippen LogP contribution in [0, 0.1) is 17.2 Å². The summed E-state index contributed by atoms with van der Waals surface area (Å²) in [6.07, 6.45) is 1.92. The zero-order valence-electron chi connectivity index (χ0n) is 11.0. The molecule has 1 heterocycles. The summed E-state index contributed by atoms with van der Waals surface area (Å²) in [4.78, 5) is 17.6. The van der Waals surface area contributed by atoms with Gasteiger partial charge >= 0.3 is 0 Å². The van der Waals surface area contributed by atoms with Crippen molar-refractivity contribution in [3.63, 3.8) is 0 Å². The Morgan fingerprint density at radius 3 is 3.05 bits per heavy atom. The van der Waals surface area contributed by atoms with E-state index in [0.717, 1.165) is 11.1 Å². The minimum absolute atomic E-state index is 0.150. The van der Waals surface area contributed by atoms with E-state index in [0.29, 0.717) is 18.5 Å². The van der Waals surface area contributed by atoms with Crippen LogP contribution in [0.5, 0.6) is 0 Å². The quantitative estimate of drug-likeness (QED) is 0.842. The number of hydrogen-bond donors (Lipinski definition) is 0. The summed E-state index contributed by atoms with van der Waals surface area (Å²) in [7, 11) is 1.70. The van der Waals surface area contributed by atoms with Crippen molar-refractivity contribution < 1.29 is 9.21 Å². The first-order valence-electron chi connectivity index (χ1n) is 6.12. The van der Waals surface area contributed by atoms with Crippen molar-refractivity contribution in [3.8, 4) is 6.07 Å². The minimum Gasteiger partial charge on any atom is -0.443 e. The summed E-state index contributed by atoms with van der Waals surface area (Å²) < 4.78 is 5.22. The van der Waals surface area contributed by atoms with Crippen LogP contribution < -0.4 is 0 Å². The van der Waals surface area contributed by atoms with Gasteiger partial charge in [-0.15, -0.1) is 0 Å². The highest BCUT2D eigenvalue weighted by molar-refractivity contribution is 5.81. The van der Waals surface area contributed by atoms with E-state index in [4.69, 9.17) is 9.68 Å². The largest absolute Gasteiger partial charge is 0.443 e. The number of carbonyl (C=O) groups excluding carboxylic acids is 1. The highest BCUT2D eigenvalue weighted by Crippen LogP contribution is 2.16. The van der Waals surface area contributed by atoms with Gasteiger partial charge in [-0.3, -0.25) is 4.79 Å². The van der Waals surface area contributed by atoms with Gasteiger partial charge in [-0.25, -0.2) is 4.98 Å². The second-order valence-electron chi connectivity index (χ2n) is 4.44. The molecule has 0 aliphatic carbocycles. The van der Waals surface area contributed by atoms with E-state index in [-0.39, 0.29) is 5.91 Å². The van der Waals surface area contributed by atoms with Crippen molar-refractivity contribution >= 4 is 17.0 Å². The van der Waals surface area contributed by atoms with Crippen molar-refractivity contribution in [2.24, 2.45) is 5.92 Å². The molecule has 19 heavy (non-hydrogen) atoms. The number of aromatic nitrogens is 1. The summed E-state index contributed by atoms with van der Waals surface area (Å²) in [6.45, 7) is 2.29. The lowest BCUT2D eigenvalue weighted by molar-refractivity contribution is -0.133. The van der Waals surface area contributed by atoms with Gasteiger partial charge in [-0.2, -0.15) is 5.26 Å². The minimum atomic E-state index is -0.570. The molecule has 2 rings (SSSR count). The molecule has 5 nitrogen and oxygen atoms in total. The van der Waals surface area contributed by atoms with Gasteiger partial charge in [0.05, 0.1) is 6.07 Å². The molecule has 0 saturated carbocycles. The summed E-state index contributed by atoms with van der Waals surface area (Å²) in [6, 6.07) is 7.64. The van der Waals surface area contributed by atoms with Crippen LogP contribution in [-0.4, -0.2) is 22.8 Å². The third kappa shape index (κ3) is 2.74. The van der Waals surface area contributed by atoms with Gasteiger partial charge in [-0.1, -0.05) is 13.0 Å². The average molecular weight is 257 g/mol. The molecule has 2 aromatic rings. The average Bonchev–Trinajstić information content (AvgIpc) is 2.87. The van der Waals surface area contributed by atoms with E-state index in [9.17, 15) is 4.79 Å². The number of nitriles is 1. The van der Waals surface area contributed by atoms with Crippen LogP contribution in [0.15, 0.2) is 29.0 Å². The van der Waals surface area contributed by atoms with E-state index in [1.807, 2.05) is 31.2 Å². The van der Waals surface area contributed by atoms with Crippen molar-refractivity contribution in [1.29, 1.82) is 5.26 Å². The van der Waals surface area contributed by atoms with Crippen molar-refractivity contribution in [3.05, 3.63) is 30.2 Å². The predicted octanol–water partition coefficient (Wildman–Crippen LogP) is 2.34. The molecule has 1 amide bonds. The maximum atomic E-state index is 12.0. The number of carbonyl (C=O) groups is 1. The number of benzene rings is 1. The number of rotatable bonds is 4. The molecule has 0 spiro atoms. The molecule has 0 N–H and O–H groups in total. The molecule has 0 bridgehead atoms. The Bertz CT molecular complexity index is 627. The van der Waals surface area contributed by atoms with Crippen molar-refractivity contribution in [1.82, 2.24) is 9.88 Å². The molecule has 1 atom stereocenters. The SMILES string of the molecule is CCC(C#N)C(=O)N(C)Cc1ccc2ncoc2c1. The van der Waals surface area contributed by atoms with E-state index in [1.165, 1.54) is 6.39 Å². The molecule has 1 aromatic carbocycles. The lowest BCUT2D eigenvalue weighted by Gasteiger charge is -2.19. The number of hydrogen-bond acceptors (Lipinski definition) is 4. The molecular formula is C14H15N3O2. The van der Waals surface area contributed by atoms with E-state index >= 15 is 0 Å². The van der Waals surface area contributed by atoms with Gasteiger partial charge in [0.25, 0.3) is 0 Å². The number of nitrogens with zero attached hydrogens (tertiary/aromatic N) is 3. The second kappa shape index (κ2) is 5.53. The third-order valence-corrected chi connectivity index (χ3v) is 3.05. The smallest absolute Gasteiger partial charge is 0.239 e. The Morgan fingerprint density at radius 1 is 1.58 bits per heavy atom. The summed E-state index contributed by atoms with van der Waals surface area (Å²) in [5, 5.41) is 8.90. The predicted molar refractivity (Wildman–Crippen MR) is 69.9 cm³/mol. The molecule has 0 saturated heterocycles. The Labute approximate surface area is 111 Å². The fourth-order valence-corrected chi connectivity index (χ4v) is 1.94. The molecule has 1 unspecified atom stereocenters. The molecule has 0 aliphatic rings. The van der Waals surface area contributed by atoms with E-state index in [1.54, 1.807) is 11.9 Å². The Morgan fingerprint density at radius 2 is 2.37 bits per heavy atom. The Kier molecular flexibility index (Phi) is 3.81. The summed E-state index contributed by atoms with van der Waals surface area (Å²) >= 11 is 0. The molecule has 1 aromatic heterocycles. The summed E-state index contributed by atoms with van der Waals surface area (Å²) in [5.74, 6) is -0.721. The lowest BCUT2D eigenvalue weighted by atomic mass is 10.1. The zero-order valence-corrected chi connectivity index (χ0v) is 11.0. The second-order valence-corrected chi connectivity index (χ2v) is 4.44. The van der Waals surface area contributed by atoms with Crippen LogP contribution in [0.4, 0.5) is 0 Å². The normalized spacial score (nSPS) is 12.1. The number of amides is 1. The van der Waals surface area contributed by atoms with Gasteiger partial charge in [0, 0.05) is 13.6 Å². The van der Waals surface area contributed by atoms with Crippen LogP contribution in [0.3, 0.4) is 0 Å². The maximum Gasteiger partial charge on any atom is 0.239 e. The van der Waals surface area contributed by atoms with Crippen LogP contribution >= 0.6 is 0 Å². The van der Waals surface area contributed by atoms with Gasteiger partial charge < -0.3 is 9.32 Å². The van der Waals surface area contributed by atoms with E-state index < -0.39 is 5.92 Å². The van der Waals surface area contributed by atoms with Gasteiger partial charge in [0.2, 0.25) is 5.91 Å². The fourth-order valence-electron chi connectivity index (χ4n) is 1.94. The topological polar surface area (TPSA) is 70.1 Å². The molecule has 0 fully saturated rings. The first kappa shape index (κ1) is 13.1. The van der Waals surface area contributed by atoms with Gasteiger partial charge in [0.15, 0.2) is 12.0 Å². The molecule has 0 aliphatic heterocycles. The molecular weight excluding hydrogens is 242 g/mol. The fraction of sp³-hybridized carbons (Fsp3) is 0.357. The summed E-state index contributed by atoms with van der Waals surface area (Å²) in [5.41, 5.74) is 2.44. The van der Waals surface area contributed by atoms with Crippen molar-refractivity contribution in [2.45, 2.75) is 19.9 Å². The highest BCUT2D eigenvalue weighted by Gasteiger charge is 2.19. The first-order valence-corrected chi connectivity index (χ1v) is 6.12. The number of fused-ring (bicyclic) bond motifs is 1. The Balaban J connectivity index is 2.11. The monoisotopic (exact) mass is 257 g/mol. The van der Waals surface area contributed by atoms with Crippen LogP contribution in [-0.2, 0) is 11.3 Å². The maximum absolute atomic E-state index is 12.0. The third-order valence-electron chi connectivity index (χ3n) is 3.05. The zero-order chi connectivity index (χ0) is 13.8. The number of oxazole rings is 1. The Hall–Kier alpha value is -2.35.